The second-order valence-corrected chi connectivity index (χ2v) is 6.96. The van der Waals surface area contributed by atoms with Gasteiger partial charge in [0, 0.05) is 24.3 Å². The van der Waals surface area contributed by atoms with Crippen molar-refractivity contribution in [2.24, 2.45) is 10.7 Å². The maximum atomic E-state index is 6.17. The molecule has 3 N–H and O–H groups in total. The number of nitrogens with zero attached hydrogens (tertiary/aromatic N) is 1. The van der Waals surface area contributed by atoms with E-state index < -0.39 is 0 Å². The monoisotopic (exact) mass is 337 g/mol. The third-order valence-electron chi connectivity index (χ3n) is 4.88. The summed E-state index contributed by atoms with van der Waals surface area (Å²) in [5.74, 6) is 0.465. The second-order valence-electron chi connectivity index (χ2n) is 6.96. The van der Waals surface area contributed by atoms with Gasteiger partial charge in [-0.05, 0) is 55.5 Å². The first-order valence-corrected chi connectivity index (χ1v) is 8.86. The molecule has 2 aromatic carbocycles. The Balaban J connectivity index is 1.76. The lowest BCUT2D eigenvalue weighted by molar-refractivity contribution is 0.0531. The number of nitrogens with one attached hydrogen (secondary N) is 1. The van der Waals surface area contributed by atoms with Crippen LogP contribution in [0.2, 0.25) is 0 Å². The minimum atomic E-state index is 0.00827. The summed E-state index contributed by atoms with van der Waals surface area (Å²) in [5.41, 5.74) is 10.9. The van der Waals surface area contributed by atoms with Crippen LogP contribution in [0.5, 0.6) is 0 Å². The van der Waals surface area contributed by atoms with E-state index in [1.165, 1.54) is 16.7 Å². The fourth-order valence-electron chi connectivity index (χ4n) is 3.56. The molecule has 0 bridgehead atoms. The molecular weight excluding hydrogens is 310 g/mol. The molecule has 0 amide bonds. The minimum absolute atomic E-state index is 0.00827. The smallest absolute Gasteiger partial charge is 0.193 e. The van der Waals surface area contributed by atoms with E-state index in [1.54, 1.807) is 0 Å². The topological polar surface area (TPSA) is 59.6 Å². The van der Waals surface area contributed by atoms with E-state index in [2.05, 4.69) is 72.7 Å². The van der Waals surface area contributed by atoms with Crippen molar-refractivity contribution in [2.45, 2.75) is 32.1 Å². The number of aliphatic imine (C=N–C) groups is 1. The molecule has 1 aliphatic heterocycles. The normalized spacial score (nSPS) is 17.3. The molecule has 0 atom stereocenters. The van der Waals surface area contributed by atoms with Crippen LogP contribution in [0.3, 0.4) is 0 Å². The van der Waals surface area contributed by atoms with Gasteiger partial charge in [0.2, 0.25) is 0 Å². The van der Waals surface area contributed by atoms with Crippen molar-refractivity contribution in [3.8, 4) is 0 Å². The predicted molar refractivity (Wildman–Crippen MR) is 104 cm³/mol. The molecule has 0 aromatic heterocycles. The number of ether oxygens (including phenoxy) is 1. The summed E-state index contributed by atoms with van der Waals surface area (Å²) in [6.07, 6.45) is 1.94. The van der Waals surface area contributed by atoms with Gasteiger partial charge in [-0.2, -0.15) is 0 Å². The molecule has 0 aliphatic carbocycles. The largest absolute Gasteiger partial charge is 0.381 e. The average Bonchev–Trinajstić information content (AvgIpc) is 2.61. The van der Waals surface area contributed by atoms with Crippen LogP contribution in [-0.2, 0) is 10.2 Å². The van der Waals surface area contributed by atoms with Crippen LogP contribution in [0.1, 0.15) is 29.5 Å². The van der Waals surface area contributed by atoms with Gasteiger partial charge in [0.1, 0.15) is 0 Å². The lowest BCUT2D eigenvalue weighted by atomic mass is 9.74. The Hall–Kier alpha value is -2.33. The summed E-state index contributed by atoms with van der Waals surface area (Å²) in [4.78, 5) is 4.68. The molecule has 1 fully saturated rings. The number of nitrogens with two attached hydrogens (primary N) is 1. The van der Waals surface area contributed by atoms with E-state index in [0.717, 1.165) is 31.7 Å². The Morgan fingerprint density at radius 3 is 2.36 bits per heavy atom. The zero-order chi connectivity index (χ0) is 17.7. The van der Waals surface area contributed by atoms with Crippen LogP contribution in [0.15, 0.2) is 53.5 Å². The van der Waals surface area contributed by atoms with Gasteiger partial charge in [-0.25, -0.2) is 0 Å². The average molecular weight is 337 g/mol. The van der Waals surface area contributed by atoms with E-state index in [-0.39, 0.29) is 5.41 Å². The molecule has 3 rings (SSSR count). The highest BCUT2D eigenvalue weighted by atomic mass is 16.5. The highest BCUT2D eigenvalue weighted by molar-refractivity contribution is 5.92. The lowest BCUT2D eigenvalue weighted by Gasteiger charge is -2.36. The van der Waals surface area contributed by atoms with Crippen molar-refractivity contribution in [1.29, 1.82) is 0 Å². The number of aryl methyl sites for hydroxylation is 2. The predicted octanol–water partition coefficient (Wildman–Crippen LogP) is 3.78. The molecule has 132 valence electrons. The summed E-state index contributed by atoms with van der Waals surface area (Å²) in [5, 5.41) is 3.23. The summed E-state index contributed by atoms with van der Waals surface area (Å²) in [6, 6.07) is 16.9. The molecule has 0 saturated carbocycles. The number of hydrogen-bond acceptors (Lipinski definition) is 2. The maximum Gasteiger partial charge on any atom is 0.193 e. The molecule has 2 aromatic rings. The third-order valence-corrected chi connectivity index (χ3v) is 4.88. The SMILES string of the molecule is Cc1cc(C)cc(NC(N)=NCC2(c3ccccc3)CCOCC2)c1. The molecule has 1 heterocycles. The van der Waals surface area contributed by atoms with Gasteiger partial charge in [-0.15, -0.1) is 0 Å². The zero-order valence-electron chi connectivity index (χ0n) is 15.1. The first-order valence-electron chi connectivity index (χ1n) is 8.86. The number of hydrogen-bond donors (Lipinski definition) is 2. The Morgan fingerprint density at radius 2 is 1.72 bits per heavy atom. The number of anilines is 1. The van der Waals surface area contributed by atoms with Gasteiger partial charge in [0.15, 0.2) is 5.96 Å². The van der Waals surface area contributed by atoms with Crippen LogP contribution >= 0.6 is 0 Å². The van der Waals surface area contributed by atoms with Crippen molar-refractivity contribution in [1.82, 2.24) is 0 Å². The standard InChI is InChI=1S/C21H27N3O/c1-16-12-17(2)14-19(13-16)24-20(22)23-15-21(8-10-25-11-9-21)18-6-4-3-5-7-18/h3-7,12-14H,8-11,15H2,1-2H3,(H3,22,23,24). The molecule has 1 aliphatic rings. The first-order chi connectivity index (χ1) is 12.1. The zero-order valence-corrected chi connectivity index (χ0v) is 15.1. The van der Waals surface area contributed by atoms with Crippen molar-refractivity contribution < 1.29 is 4.74 Å². The van der Waals surface area contributed by atoms with Gasteiger partial charge in [0.05, 0.1) is 6.54 Å². The van der Waals surface area contributed by atoms with Crippen LogP contribution in [0, 0.1) is 13.8 Å². The van der Waals surface area contributed by atoms with Crippen LogP contribution in [-0.4, -0.2) is 25.7 Å². The minimum Gasteiger partial charge on any atom is -0.381 e. The fraction of sp³-hybridized carbons (Fsp3) is 0.381. The molecular formula is C21H27N3O. The van der Waals surface area contributed by atoms with E-state index >= 15 is 0 Å². The van der Waals surface area contributed by atoms with E-state index in [4.69, 9.17) is 10.5 Å². The van der Waals surface area contributed by atoms with Gasteiger partial charge < -0.3 is 15.8 Å². The molecule has 0 spiro atoms. The Morgan fingerprint density at radius 1 is 1.08 bits per heavy atom. The summed E-state index contributed by atoms with van der Waals surface area (Å²) in [7, 11) is 0. The lowest BCUT2D eigenvalue weighted by Crippen LogP contribution is -2.38. The van der Waals surface area contributed by atoms with Gasteiger partial charge in [-0.1, -0.05) is 36.4 Å². The van der Waals surface area contributed by atoms with Crippen LogP contribution in [0.25, 0.3) is 0 Å². The van der Waals surface area contributed by atoms with Crippen molar-refractivity contribution in [3.05, 3.63) is 65.2 Å². The van der Waals surface area contributed by atoms with Gasteiger partial charge >= 0.3 is 0 Å². The molecule has 1 saturated heterocycles. The summed E-state index contributed by atoms with van der Waals surface area (Å²) < 4.78 is 5.58. The molecule has 4 nitrogen and oxygen atoms in total. The van der Waals surface area contributed by atoms with Crippen molar-refractivity contribution in [3.63, 3.8) is 0 Å². The Kier molecular flexibility index (Phi) is 5.39. The Bertz CT molecular complexity index is 714. The quantitative estimate of drug-likeness (QED) is 0.659. The molecule has 0 unspecified atom stereocenters. The second kappa shape index (κ2) is 7.70. The van der Waals surface area contributed by atoms with Crippen LogP contribution < -0.4 is 11.1 Å². The molecule has 4 heteroatoms. The number of rotatable bonds is 4. The highest BCUT2D eigenvalue weighted by Crippen LogP contribution is 2.35. The summed E-state index contributed by atoms with van der Waals surface area (Å²) >= 11 is 0. The van der Waals surface area contributed by atoms with E-state index in [9.17, 15) is 0 Å². The van der Waals surface area contributed by atoms with Gasteiger partial charge in [-0.3, -0.25) is 4.99 Å². The highest BCUT2D eigenvalue weighted by Gasteiger charge is 2.34. The third kappa shape index (κ3) is 4.40. The number of benzene rings is 2. The van der Waals surface area contributed by atoms with Crippen molar-refractivity contribution >= 4 is 11.6 Å². The van der Waals surface area contributed by atoms with E-state index in [0.29, 0.717) is 12.5 Å². The number of guanidine groups is 1. The summed E-state index contributed by atoms with van der Waals surface area (Å²) in [6.45, 7) is 6.38. The van der Waals surface area contributed by atoms with Crippen molar-refractivity contribution in [2.75, 3.05) is 25.1 Å². The Labute approximate surface area is 150 Å². The molecule has 0 radical (unpaired) electrons. The van der Waals surface area contributed by atoms with Gasteiger partial charge in [0.25, 0.3) is 0 Å². The van der Waals surface area contributed by atoms with Crippen LogP contribution in [0.4, 0.5) is 5.69 Å². The van der Waals surface area contributed by atoms with E-state index in [1.807, 2.05) is 0 Å². The maximum absolute atomic E-state index is 6.17. The fourth-order valence-corrected chi connectivity index (χ4v) is 3.56. The molecule has 25 heavy (non-hydrogen) atoms. The first kappa shape index (κ1) is 17.5.